The van der Waals surface area contributed by atoms with Crippen LogP contribution in [0.15, 0.2) is 24.3 Å². The topological polar surface area (TPSA) is 58.8 Å². The second-order valence-corrected chi connectivity index (χ2v) is 8.12. The van der Waals surface area contributed by atoms with Crippen molar-refractivity contribution in [3.05, 3.63) is 35.4 Å². The minimum Gasteiger partial charge on any atom is -0.444 e. The summed E-state index contributed by atoms with van der Waals surface area (Å²) in [4.78, 5) is 16.6. The zero-order valence-corrected chi connectivity index (χ0v) is 15.0. The summed E-state index contributed by atoms with van der Waals surface area (Å²) in [5, 5.41) is 0. The lowest BCUT2D eigenvalue weighted by molar-refractivity contribution is 0.0274. The number of rotatable bonds is 3. The Balaban J connectivity index is 1.50. The lowest BCUT2D eigenvalue weighted by atomic mass is 10.0. The van der Waals surface area contributed by atoms with E-state index in [1.165, 1.54) is 11.1 Å². The Morgan fingerprint density at radius 2 is 1.62 bits per heavy atom. The molecule has 0 spiro atoms. The molecule has 2 unspecified atom stereocenters. The molecule has 1 aromatic carbocycles. The number of hydrogen-bond donors (Lipinski definition) is 1. The third kappa shape index (κ3) is 4.08. The van der Waals surface area contributed by atoms with Gasteiger partial charge in [-0.2, -0.15) is 0 Å². The molecule has 5 heteroatoms. The number of ether oxygens (including phenoxy) is 1. The van der Waals surface area contributed by atoms with Crippen LogP contribution >= 0.6 is 0 Å². The molecule has 2 fully saturated rings. The molecule has 132 valence electrons. The average Bonchev–Trinajstić information content (AvgIpc) is 3.04. The van der Waals surface area contributed by atoms with Gasteiger partial charge >= 0.3 is 6.09 Å². The van der Waals surface area contributed by atoms with Crippen molar-refractivity contribution < 1.29 is 9.53 Å². The first-order chi connectivity index (χ1) is 11.3. The number of nitrogens with zero attached hydrogens (tertiary/aromatic N) is 2. The molecule has 0 saturated carbocycles. The summed E-state index contributed by atoms with van der Waals surface area (Å²) in [6.07, 6.45) is -0.166. The van der Waals surface area contributed by atoms with Gasteiger partial charge in [-0.15, -0.1) is 0 Å². The number of carbonyl (C=O) groups excluding carboxylic acids is 1. The predicted molar refractivity (Wildman–Crippen MR) is 94.4 cm³/mol. The molecule has 2 N–H and O–H groups in total. The molecule has 2 aliphatic heterocycles. The first kappa shape index (κ1) is 17.2. The van der Waals surface area contributed by atoms with E-state index in [2.05, 4.69) is 29.2 Å². The van der Waals surface area contributed by atoms with Crippen LogP contribution in [-0.4, -0.2) is 47.7 Å². The highest BCUT2D eigenvalue weighted by Crippen LogP contribution is 2.32. The van der Waals surface area contributed by atoms with Crippen LogP contribution in [0.1, 0.15) is 31.9 Å². The average molecular weight is 331 g/mol. The number of benzene rings is 1. The van der Waals surface area contributed by atoms with E-state index in [9.17, 15) is 4.79 Å². The van der Waals surface area contributed by atoms with Crippen LogP contribution in [0.4, 0.5) is 4.79 Å². The van der Waals surface area contributed by atoms with Crippen LogP contribution in [0.5, 0.6) is 0 Å². The first-order valence-electron chi connectivity index (χ1n) is 8.82. The maximum Gasteiger partial charge on any atom is 0.410 e. The van der Waals surface area contributed by atoms with Gasteiger partial charge in [0.05, 0.1) is 0 Å². The molecule has 0 radical (unpaired) electrons. The fourth-order valence-corrected chi connectivity index (χ4v) is 3.73. The maximum absolute atomic E-state index is 12.2. The second-order valence-electron chi connectivity index (χ2n) is 8.12. The van der Waals surface area contributed by atoms with Gasteiger partial charge in [-0.3, -0.25) is 4.90 Å². The van der Waals surface area contributed by atoms with Gasteiger partial charge in [-0.25, -0.2) is 4.79 Å². The summed E-state index contributed by atoms with van der Waals surface area (Å²) in [7, 11) is 0. The van der Waals surface area contributed by atoms with Crippen LogP contribution in [0.3, 0.4) is 0 Å². The molecule has 1 amide bonds. The van der Waals surface area contributed by atoms with E-state index in [-0.39, 0.29) is 6.09 Å². The summed E-state index contributed by atoms with van der Waals surface area (Å²) >= 11 is 0. The highest BCUT2D eigenvalue weighted by molar-refractivity contribution is 5.68. The van der Waals surface area contributed by atoms with Gasteiger partial charge in [0.1, 0.15) is 5.60 Å². The van der Waals surface area contributed by atoms with Crippen LogP contribution in [0.25, 0.3) is 0 Å². The Morgan fingerprint density at radius 3 is 2.12 bits per heavy atom. The molecule has 0 aromatic heterocycles. The molecule has 3 rings (SSSR count). The number of amides is 1. The fraction of sp³-hybridized carbons (Fsp3) is 0.632. The highest BCUT2D eigenvalue weighted by Gasteiger charge is 2.42. The molecule has 2 aliphatic rings. The van der Waals surface area contributed by atoms with Crippen LogP contribution in [0.2, 0.25) is 0 Å². The SMILES string of the molecule is CC(C)(C)OC(=O)N1CC2CN(Cc3ccc(CN)cc3)CC2C1. The molecule has 2 saturated heterocycles. The fourth-order valence-electron chi connectivity index (χ4n) is 3.73. The zero-order chi connectivity index (χ0) is 17.3. The molecule has 24 heavy (non-hydrogen) atoms. The summed E-state index contributed by atoms with van der Waals surface area (Å²) in [5.41, 5.74) is 7.73. The monoisotopic (exact) mass is 331 g/mol. The largest absolute Gasteiger partial charge is 0.444 e. The second kappa shape index (κ2) is 6.73. The Bertz CT molecular complexity index is 565. The predicted octanol–water partition coefficient (Wildman–Crippen LogP) is 2.44. The number of hydrogen-bond acceptors (Lipinski definition) is 4. The van der Waals surface area contributed by atoms with E-state index in [0.717, 1.165) is 32.7 Å². The molecule has 2 atom stereocenters. The third-order valence-corrected chi connectivity index (χ3v) is 4.88. The molecular weight excluding hydrogens is 302 g/mol. The van der Waals surface area contributed by atoms with E-state index in [1.54, 1.807) is 0 Å². The summed E-state index contributed by atoms with van der Waals surface area (Å²) in [6, 6.07) is 8.56. The lowest BCUT2D eigenvalue weighted by Crippen LogP contribution is -2.37. The molecule has 2 heterocycles. The minimum atomic E-state index is -0.420. The molecule has 0 aliphatic carbocycles. The van der Waals surface area contributed by atoms with E-state index in [1.807, 2.05) is 25.7 Å². The molecule has 0 bridgehead atoms. The van der Waals surface area contributed by atoms with Gasteiger partial charge in [0.2, 0.25) is 0 Å². The third-order valence-electron chi connectivity index (χ3n) is 4.88. The number of carbonyl (C=O) groups is 1. The van der Waals surface area contributed by atoms with Crippen molar-refractivity contribution in [1.82, 2.24) is 9.80 Å². The summed E-state index contributed by atoms with van der Waals surface area (Å²) in [6.45, 7) is 11.1. The molecular formula is C19H29N3O2. The van der Waals surface area contributed by atoms with E-state index >= 15 is 0 Å². The normalized spacial score (nSPS) is 24.2. The van der Waals surface area contributed by atoms with Crippen molar-refractivity contribution in [2.75, 3.05) is 26.2 Å². The van der Waals surface area contributed by atoms with Crippen LogP contribution in [0, 0.1) is 11.8 Å². The van der Waals surface area contributed by atoms with Gasteiger partial charge in [0.15, 0.2) is 0 Å². The number of nitrogens with two attached hydrogens (primary N) is 1. The Hall–Kier alpha value is -1.59. The Morgan fingerprint density at radius 1 is 1.08 bits per heavy atom. The first-order valence-corrected chi connectivity index (χ1v) is 8.82. The van der Waals surface area contributed by atoms with Gasteiger partial charge in [0.25, 0.3) is 0 Å². The molecule has 5 nitrogen and oxygen atoms in total. The van der Waals surface area contributed by atoms with Crippen molar-refractivity contribution >= 4 is 6.09 Å². The lowest BCUT2D eigenvalue weighted by Gasteiger charge is -2.26. The van der Waals surface area contributed by atoms with Crippen molar-refractivity contribution in [2.24, 2.45) is 17.6 Å². The van der Waals surface area contributed by atoms with Crippen molar-refractivity contribution in [3.8, 4) is 0 Å². The Kier molecular flexibility index (Phi) is 4.83. The van der Waals surface area contributed by atoms with Gasteiger partial charge in [-0.1, -0.05) is 24.3 Å². The zero-order valence-electron chi connectivity index (χ0n) is 15.0. The van der Waals surface area contributed by atoms with Crippen molar-refractivity contribution in [3.63, 3.8) is 0 Å². The number of fused-ring (bicyclic) bond motifs is 1. The summed E-state index contributed by atoms with van der Waals surface area (Å²) < 4.78 is 5.49. The van der Waals surface area contributed by atoms with E-state index < -0.39 is 5.60 Å². The van der Waals surface area contributed by atoms with E-state index in [4.69, 9.17) is 10.5 Å². The maximum atomic E-state index is 12.2. The number of likely N-dealkylation sites (tertiary alicyclic amines) is 2. The van der Waals surface area contributed by atoms with Gasteiger partial charge in [0, 0.05) is 39.3 Å². The van der Waals surface area contributed by atoms with Crippen LogP contribution < -0.4 is 5.73 Å². The van der Waals surface area contributed by atoms with Crippen molar-refractivity contribution in [1.29, 1.82) is 0 Å². The van der Waals surface area contributed by atoms with Crippen LogP contribution in [-0.2, 0) is 17.8 Å². The smallest absolute Gasteiger partial charge is 0.410 e. The highest BCUT2D eigenvalue weighted by atomic mass is 16.6. The Labute approximate surface area is 144 Å². The van der Waals surface area contributed by atoms with E-state index in [0.29, 0.717) is 18.4 Å². The minimum absolute atomic E-state index is 0.166. The van der Waals surface area contributed by atoms with Crippen molar-refractivity contribution in [2.45, 2.75) is 39.5 Å². The van der Waals surface area contributed by atoms with Gasteiger partial charge in [-0.05, 0) is 43.7 Å². The summed E-state index contributed by atoms with van der Waals surface area (Å²) in [5.74, 6) is 1.14. The quantitative estimate of drug-likeness (QED) is 0.924. The van der Waals surface area contributed by atoms with Gasteiger partial charge < -0.3 is 15.4 Å². The standard InChI is InChI=1S/C19H29N3O2/c1-19(2,3)24-18(23)22-12-16-10-21(11-17(16)13-22)9-15-6-4-14(8-20)5-7-15/h4-7,16-17H,8-13,20H2,1-3H3. The molecule has 1 aromatic rings.